The molecule has 122 valence electrons. The number of benzene rings is 2. The number of hydrogen-bond acceptors (Lipinski definition) is 3. The van der Waals surface area contributed by atoms with E-state index in [0.717, 1.165) is 18.7 Å². The van der Waals surface area contributed by atoms with Crippen molar-refractivity contribution in [2.45, 2.75) is 44.9 Å². The van der Waals surface area contributed by atoms with Crippen molar-refractivity contribution in [2.24, 2.45) is 0 Å². The van der Waals surface area contributed by atoms with E-state index in [-0.39, 0.29) is 6.23 Å². The molecule has 23 heavy (non-hydrogen) atoms. The minimum Gasteiger partial charge on any atom is -0.473 e. The normalized spacial score (nSPS) is 20.1. The van der Waals surface area contributed by atoms with Crippen LogP contribution in [0.25, 0.3) is 0 Å². The Morgan fingerprint density at radius 2 is 1.83 bits per heavy atom. The summed E-state index contributed by atoms with van der Waals surface area (Å²) in [5.41, 5.74) is 8.12. The van der Waals surface area contributed by atoms with Gasteiger partial charge in [-0.3, -0.25) is 4.90 Å². The van der Waals surface area contributed by atoms with Crippen molar-refractivity contribution in [1.29, 1.82) is 0 Å². The lowest BCUT2D eigenvalue weighted by Crippen LogP contribution is -2.48. The quantitative estimate of drug-likeness (QED) is 0.845. The van der Waals surface area contributed by atoms with Crippen LogP contribution in [0, 0.1) is 0 Å². The molecule has 3 nitrogen and oxygen atoms in total. The zero-order valence-electron chi connectivity index (χ0n) is 13.8. The molecule has 1 fully saturated rings. The topological polar surface area (TPSA) is 38.5 Å². The highest BCUT2D eigenvalue weighted by Crippen LogP contribution is 2.27. The summed E-state index contributed by atoms with van der Waals surface area (Å²) in [6.07, 6.45) is 4.89. The number of nitrogens with zero attached hydrogens (tertiary/aromatic N) is 1. The molecule has 2 unspecified atom stereocenters. The van der Waals surface area contributed by atoms with Gasteiger partial charge in [-0.1, -0.05) is 48.9 Å². The second-order valence-corrected chi connectivity index (χ2v) is 6.33. The molecule has 0 saturated carbocycles. The Morgan fingerprint density at radius 1 is 1.09 bits per heavy atom. The van der Waals surface area contributed by atoms with Crippen molar-refractivity contribution in [3.63, 3.8) is 0 Å². The predicted octanol–water partition coefficient (Wildman–Crippen LogP) is 4.09. The van der Waals surface area contributed by atoms with E-state index in [1.54, 1.807) is 0 Å². The summed E-state index contributed by atoms with van der Waals surface area (Å²) in [6.45, 7) is 3.22. The van der Waals surface area contributed by atoms with Crippen LogP contribution in [0.1, 0.15) is 31.7 Å². The molecule has 1 aliphatic heterocycles. The van der Waals surface area contributed by atoms with Gasteiger partial charge in [0.1, 0.15) is 12.0 Å². The molecule has 0 aliphatic carbocycles. The Morgan fingerprint density at radius 3 is 2.61 bits per heavy atom. The summed E-state index contributed by atoms with van der Waals surface area (Å²) in [7, 11) is 0. The fraction of sp³-hybridized carbons (Fsp3) is 0.400. The van der Waals surface area contributed by atoms with Gasteiger partial charge in [-0.25, -0.2) is 0 Å². The standard InChI is InChI=1S/C20H26N2O/c1-16(23-20-13-6-5-12-19(20)21)22-14-8-7-11-18(22)15-17-9-3-2-4-10-17/h2-6,9-10,12-13,16,18H,7-8,11,14-15,21H2,1H3. The van der Waals surface area contributed by atoms with Crippen molar-refractivity contribution < 1.29 is 4.74 Å². The molecule has 2 aromatic carbocycles. The highest BCUT2D eigenvalue weighted by atomic mass is 16.5. The summed E-state index contributed by atoms with van der Waals surface area (Å²) in [5, 5.41) is 0. The Hall–Kier alpha value is -2.00. The first-order chi connectivity index (χ1) is 11.2. The minimum absolute atomic E-state index is 0.0358. The zero-order valence-corrected chi connectivity index (χ0v) is 13.8. The number of nitrogens with two attached hydrogens (primary N) is 1. The molecule has 0 spiro atoms. The maximum atomic E-state index is 6.15. The predicted molar refractivity (Wildman–Crippen MR) is 95.4 cm³/mol. The fourth-order valence-electron chi connectivity index (χ4n) is 3.45. The number of piperidine rings is 1. The maximum Gasteiger partial charge on any atom is 0.150 e. The largest absolute Gasteiger partial charge is 0.473 e. The first-order valence-corrected chi connectivity index (χ1v) is 8.55. The zero-order chi connectivity index (χ0) is 16.1. The van der Waals surface area contributed by atoms with E-state index < -0.39 is 0 Å². The summed E-state index contributed by atoms with van der Waals surface area (Å²) < 4.78 is 6.15. The lowest BCUT2D eigenvalue weighted by molar-refractivity contribution is -0.0104. The highest BCUT2D eigenvalue weighted by molar-refractivity contribution is 5.51. The Balaban J connectivity index is 1.69. The lowest BCUT2D eigenvalue weighted by Gasteiger charge is -2.39. The smallest absolute Gasteiger partial charge is 0.150 e. The van der Waals surface area contributed by atoms with E-state index in [2.05, 4.69) is 42.2 Å². The first-order valence-electron chi connectivity index (χ1n) is 8.55. The molecule has 3 heteroatoms. The minimum atomic E-state index is 0.0358. The second kappa shape index (κ2) is 7.51. The Labute approximate surface area is 139 Å². The van der Waals surface area contributed by atoms with Crippen LogP contribution in [-0.2, 0) is 6.42 Å². The van der Waals surface area contributed by atoms with E-state index in [9.17, 15) is 0 Å². The molecule has 3 rings (SSSR count). The van der Waals surface area contributed by atoms with Gasteiger partial charge in [0, 0.05) is 12.6 Å². The number of para-hydroxylation sites is 2. The van der Waals surface area contributed by atoms with Crippen LogP contribution in [0.5, 0.6) is 5.75 Å². The van der Waals surface area contributed by atoms with Crippen LogP contribution in [0.2, 0.25) is 0 Å². The second-order valence-electron chi connectivity index (χ2n) is 6.33. The molecule has 1 aliphatic rings. The number of rotatable bonds is 5. The average molecular weight is 310 g/mol. The maximum absolute atomic E-state index is 6.15. The molecule has 1 saturated heterocycles. The van der Waals surface area contributed by atoms with Crippen molar-refractivity contribution in [3.8, 4) is 5.75 Å². The molecule has 0 aromatic heterocycles. The van der Waals surface area contributed by atoms with Gasteiger partial charge in [0.15, 0.2) is 0 Å². The van der Waals surface area contributed by atoms with E-state index >= 15 is 0 Å². The molecule has 2 N–H and O–H groups in total. The van der Waals surface area contributed by atoms with Crippen LogP contribution < -0.4 is 10.5 Å². The van der Waals surface area contributed by atoms with Crippen LogP contribution in [0.15, 0.2) is 54.6 Å². The Bertz CT molecular complexity index is 614. The van der Waals surface area contributed by atoms with Crippen molar-refractivity contribution in [1.82, 2.24) is 4.90 Å². The molecular weight excluding hydrogens is 284 g/mol. The van der Waals surface area contributed by atoms with Crippen molar-refractivity contribution in [3.05, 3.63) is 60.2 Å². The third kappa shape index (κ3) is 4.05. The van der Waals surface area contributed by atoms with Crippen molar-refractivity contribution >= 4 is 5.69 Å². The van der Waals surface area contributed by atoms with E-state index in [4.69, 9.17) is 10.5 Å². The molecule has 0 radical (unpaired) electrons. The van der Waals surface area contributed by atoms with E-state index in [1.165, 1.54) is 24.8 Å². The number of likely N-dealkylation sites (tertiary alicyclic amines) is 1. The first kappa shape index (κ1) is 15.9. The average Bonchev–Trinajstić information content (AvgIpc) is 2.58. The third-order valence-corrected chi connectivity index (χ3v) is 4.67. The van der Waals surface area contributed by atoms with Crippen LogP contribution in [0.4, 0.5) is 5.69 Å². The van der Waals surface area contributed by atoms with Crippen LogP contribution in [-0.4, -0.2) is 23.7 Å². The summed E-state index contributed by atoms with van der Waals surface area (Å²) in [5.74, 6) is 0.782. The lowest BCUT2D eigenvalue weighted by atomic mass is 9.95. The fourth-order valence-corrected chi connectivity index (χ4v) is 3.45. The highest BCUT2D eigenvalue weighted by Gasteiger charge is 2.27. The van der Waals surface area contributed by atoms with Gasteiger partial charge in [0.2, 0.25) is 0 Å². The number of nitrogen functional groups attached to an aromatic ring is 1. The SMILES string of the molecule is CC(Oc1ccccc1N)N1CCCCC1Cc1ccccc1. The van der Waals surface area contributed by atoms with Gasteiger partial charge < -0.3 is 10.5 Å². The van der Waals surface area contributed by atoms with Gasteiger partial charge in [0.25, 0.3) is 0 Å². The number of anilines is 1. The molecule has 2 atom stereocenters. The molecule has 2 aromatic rings. The summed E-state index contributed by atoms with van der Waals surface area (Å²) in [4.78, 5) is 2.49. The van der Waals surface area contributed by atoms with Crippen LogP contribution >= 0.6 is 0 Å². The summed E-state index contributed by atoms with van der Waals surface area (Å²) >= 11 is 0. The van der Waals surface area contributed by atoms with Gasteiger partial charge in [-0.15, -0.1) is 0 Å². The third-order valence-electron chi connectivity index (χ3n) is 4.67. The molecule has 1 heterocycles. The van der Waals surface area contributed by atoms with Gasteiger partial charge in [-0.05, 0) is 43.9 Å². The van der Waals surface area contributed by atoms with E-state index in [1.807, 2.05) is 24.3 Å². The van der Waals surface area contributed by atoms with Gasteiger partial charge in [-0.2, -0.15) is 0 Å². The number of ether oxygens (including phenoxy) is 1. The van der Waals surface area contributed by atoms with Crippen molar-refractivity contribution in [2.75, 3.05) is 12.3 Å². The Kier molecular flexibility index (Phi) is 5.19. The van der Waals surface area contributed by atoms with Gasteiger partial charge >= 0.3 is 0 Å². The molecule has 0 bridgehead atoms. The monoisotopic (exact) mass is 310 g/mol. The molecule has 0 amide bonds. The van der Waals surface area contributed by atoms with Gasteiger partial charge in [0.05, 0.1) is 5.69 Å². The summed E-state index contributed by atoms with van der Waals surface area (Å²) in [6, 6.07) is 19.0. The molecular formula is C20H26N2O. The van der Waals surface area contributed by atoms with Crippen LogP contribution in [0.3, 0.4) is 0 Å². The number of hydrogen-bond donors (Lipinski definition) is 1. The van der Waals surface area contributed by atoms with E-state index in [0.29, 0.717) is 11.7 Å².